The van der Waals surface area contributed by atoms with E-state index in [-0.39, 0.29) is 0 Å². The number of rotatable bonds is 2. The number of hydrogen-bond donors (Lipinski definition) is 1. The second kappa shape index (κ2) is 16.6. The summed E-state index contributed by atoms with van der Waals surface area (Å²) in [4.78, 5) is 6.52. The fourth-order valence-corrected chi connectivity index (χ4v) is 2.17. The summed E-state index contributed by atoms with van der Waals surface area (Å²) in [6.07, 6.45) is 6.07. The number of piperidine rings is 1. The first-order valence-corrected chi connectivity index (χ1v) is 9.06. The summed E-state index contributed by atoms with van der Waals surface area (Å²) in [5, 5.41) is 3.75. The Kier molecular flexibility index (Phi) is 17.7. The van der Waals surface area contributed by atoms with Gasteiger partial charge in [-0.3, -0.25) is 0 Å². The average molecular weight is 330 g/mol. The largest absolute Gasteiger partial charge is 0.369 e. The number of halogens is 1. The zero-order chi connectivity index (χ0) is 17.4. The molecule has 0 aromatic carbocycles. The number of anilines is 1. The van der Waals surface area contributed by atoms with Gasteiger partial charge in [0.25, 0.3) is 0 Å². The van der Waals surface area contributed by atoms with E-state index < -0.39 is 0 Å². The van der Waals surface area contributed by atoms with Crippen LogP contribution in [0.15, 0.2) is 12.3 Å². The molecule has 2 rings (SSSR count). The van der Waals surface area contributed by atoms with Crippen LogP contribution in [-0.2, 0) is 0 Å². The van der Waals surface area contributed by atoms with E-state index in [1.807, 2.05) is 47.6 Å². The van der Waals surface area contributed by atoms with Crippen LogP contribution in [0.3, 0.4) is 0 Å². The van der Waals surface area contributed by atoms with Crippen molar-refractivity contribution >= 4 is 17.4 Å². The number of nitrogens with one attached hydrogen (secondary N) is 1. The van der Waals surface area contributed by atoms with Gasteiger partial charge in [-0.15, -0.1) is 0 Å². The molecule has 0 saturated carbocycles. The van der Waals surface area contributed by atoms with Gasteiger partial charge in [0.15, 0.2) is 0 Å². The van der Waals surface area contributed by atoms with Gasteiger partial charge in [-0.25, -0.2) is 4.98 Å². The molecule has 0 radical (unpaired) electrons. The normalized spacial score (nSPS) is 13.5. The monoisotopic (exact) mass is 329 g/mol. The van der Waals surface area contributed by atoms with Crippen molar-refractivity contribution in [2.24, 2.45) is 0 Å². The van der Waals surface area contributed by atoms with Crippen molar-refractivity contribution in [1.29, 1.82) is 0 Å². The Hall–Kier alpha value is -0.800. The number of hydrogen-bond acceptors (Lipinski definition) is 3. The van der Waals surface area contributed by atoms with Crippen LogP contribution in [0, 0.1) is 6.92 Å². The lowest BCUT2D eigenvalue weighted by Crippen LogP contribution is -2.24. The Morgan fingerprint density at radius 2 is 1.68 bits per heavy atom. The van der Waals surface area contributed by atoms with Gasteiger partial charge < -0.3 is 10.2 Å². The maximum Gasteiger partial charge on any atom is 0.144 e. The zero-order valence-electron chi connectivity index (χ0n) is 15.7. The second-order valence-electron chi connectivity index (χ2n) is 4.74. The molecule has 1 fully saturated rings. The molecule has 0 unspecified atom stereocenters. The first-order valence-electron chi connectivity index (χ1n) is 8.68. The van der Waals surface area contributed by atoms with E-state index in [0.717, 1.165) is 17.9 Å². The summed E-state index contributed by atoms with van der Waals surface area (Å²) in [5.41, 5.74) is 1.08. The maximum absolute atomic E-state index is 5.88. The molecule has 1 aliphatic heterocycles. The topological polar surface area (TPSA) is 28.2 Å². The number of pyridine rings is 1. The zero-order valence-corrected chi connectivity index (χ0v) is 16.4. The van der Waals surface area contributed by atoms with Crippen molar-refractivity contribution in [3.63, 3.8) is 0 Å². The highest BCUT2D eigenvalue weighted by Gasteiger charge is 2.02. The van der Waals surface area contributed by atoms with E-state index in [1.165, 1.54) is 32.4 Å². The summed E-state index contributed by atoms with van der Waals surface area (Å²) in [6.45, 7) is 15.5. The van der Waals surface area contributed by atoms with E-state index in [4.69, 9.17) is 11.6 Å². The van der Waals surface area contributed by atoms with E-state index >= 15 is 0 Å². The van der Waals surface area contributed by atoms with Gasteiger partial charge >= 0.3 is 0 Å². The lowest BCUT2D eigenvalue weighted by Gasteiger charge is -2.20. The van der Waals surface area contributed by atoms with E-state index in [2.05, 4.69) is 22.2 Å². The third kappa shape index (κ3) is 11.8. The minimum absolute atomic E-state index is 0.687. The van der Waals surface area contributed by atoms with Crippen LogP contribution >= 0.6 is 11.6 Å². The molecule has 0 amide bonds. The lowest BCUT2D eigenvalue weighted by atomic mass is 10.1. The highest BCUT2D eigenvalue weighted by molar-refractivity contribution is 6.32. The smallest absolute Gasteiger partial charge is 0.144 e. The molecular formula is C18H36ClN3. The molecule has 0 bridgehead atoms. The molecule has 1 aromatic heterocycles. The minimum atomic E-state index is 0.687. The van der Waals surface area contributed by atoms with E-state index in [1.54, 1.807) is 6.20 Å². The van der Waals surface area contributed by atoms with Crippen LogP contribution in [0.1, 0.15) is 59.4 Å². The summed E-state index contributed by atoms with van der Waals surface area (Å²) in [6, 6.07) is 1.90. The van der Waals surface area contributed by atoms with Crippen LogP contribution in [0.25, 0.3) is 0 Å². The molecule has 0 atom stereocenters. The second-order valence-corrected chi connectivity index (χ2v) is 5.14. The van der Waals surface area contributed by atoms with Crippen molar-refractivity contribution < 1.29 is 0 Å². The number of aryl methyl sites for hydroxylation is 1. The third-order valence-corrected chi connectivity index (χ3v) is 3.19. The Morgan fingerprint density at radius 1 is 1.14 bits per heavy atom. The Balaban J connectivity index is 0. The molecule has 4 heteroatoms. The van der Waals surface area contributed by atoms with Gasteiger partial charge in [0.1, 0.15) is 5.82 Å². The molecule has 130 valence electrons. The number of aromatic nitrogens is 1. The summed E-state index contributed by atoms with van der Waals surface area (Å²) in [7, 11) is 2.19. The van der Waals surface area contributed by atoms with Crippen molar-refractivity contribution in [3.05, 3.63) is 22.8 Å². The van der Waals surface area contributed by atoms with E-state index in [9.17, 15) is 0 Å². The first-order chi connectivity index (χ1) is 10.6. The van der Waals surface area contributed by atoms with Crippen molar-refractivity contribution in [1.82, 2.24) is 9.88 Å². The quantitative estimate of drug-likeness (QED) is 0.762. The van der Waals surface area contributed by atoms with Crippen LogP contribution < -0.4 is 5.32 Å². The molecule has 2 heterocycles. The molecule has 1 N–H and O–H groups in total. The number of likely N-dealkylation sites (tertiary alicyclic amines) is 1. The predicted octanol–water partition coefficient (Wildman–Crippen LogP) is 5.63. The van der Waals surface area contributed by atoms with Gasteiger partial charge in [-0.2, -0.15) is 0 Å². The SMILES string of the molecule is CC.CC.CCNc1ncc(C)cc1Cl.CN1CCCCC1. The van der Waals surface area contributed by atoms with Gasteiger partial charge in [0.2, 0.25) is 0 Å². The molecule has 0 spiro atoms. The van der Waals surface area contributed by atoms with Crippen LogP contribution in [-0.4, -0.2) is 36.6 Å². The standard InChI is InChI=1S/C8H11ClN2.C6H13N.2C2H6/c1-3-10-8-7(9)4-6(2)5-11-8;1-7-5-3-2-4-6-7;2*1-2/h4-5H,3H2,1-2H3,(H,10,11);2-6H2,1H3;2*1-2H3. The van der Waals surface area contributed by atoms with Gasteiger partial charge in [-0.05, 0) is 58.5 Å². The molecule has 0 aliphatic carbocycles. The highest BCUT2D eigenvalue weighted by atomic mass is 35.5. The minimum Gasteiger partial charge on any atom is -0.369 e. The van der Waals surface area contributed by atoms with Gasteiger partial charge in [-0.1, -0.05) is 45.7 Å². The molecule has 1 saturated heterocycles. The number of nitrogens with zero attached hydrogens (tertiary/aromatic N) is 2. The molecule has 3 nitrogen and oxygen atoms in total. The first kappa shape index (κ1) is 23.5. The molecular weight excluding hydrogens is 294 g/mol. The Morgan fingerprint density at radius 3 is 2.05 bits per heavy atom. The van der Waals surface area contributed by atoms with Crippen LogP contribution in [0.2, 0.25) is 5.02 Å². The van der Waals surface area contributed by atoms with Crippen molar-refractivity contribution in [2.45, 2.75) is 60.8 Å². The van der Waals surface area contributed by atoms with Crippen molar-refractivity contribution in [3.8, 4) is 0 Å². The lowest BCUT2D eigenvalue weighted by molar-refractivity contribution is 0.277. The molecule has 1 aromatic rings. The molecule has 22 heavy (non-hydrogen) atoms. The van der Waals surface area contributed by atoms with Gasteiger partial charge in [0, 0.05) is 12.7 Å². The Labute approximate surface area is 143 Å². The maximum atomic E-state index is 5.88. The van der Waals surface area contributed by atoms with Crippen LogP contribution in [0.4, 0.5) is 5.82 Å². The predicted molar refractivity (Wildman–Crippen MR) is 102 cm³/mol. The fourth-order valence-electron chi connectivity index (χ4n) is 1.88. The highest BCUT2D eigenvalue weighted by Crippen LogP contribution is 2.18. The summed E-state index contributed by atoms with van der Waals surface area (Å²) < 4.78 is 0. The van der Waals surface area contributed by atoms with Crippen LogP contribution in [0.5, 0.6) is 0 Å². The molecule has 1 aliphatic rings. The van der Waals surface area contributed by atoms with Gasteiger partial charge in [0.05, 0.1) is 5.02 Å². The fraction of sp³-hybridized carbons (Fsp3) is 0.722. The van der Waals surface area contributed by atoms with Crippen molar-refractivity contribution in [2.75, 3.05) is 32.0 Å². The average Bonchev–Trinajstić information content (AvgIpc) is 2.55. The van der Waals surface area contributed by atoms with E-state index in [0.29, 0.717) is 5.02 Å². The Bertz CT molecular complexity index is 350. The summed E-state index contributed by atoms with van der Waals surface area (Å²) >= 11 is 5.88. The third-order valence-electron chi connectivity index (χ3n) is 2.90. The summed E-state index contributed by atoms with van der Waals surface area (Å²) in [5.74, 6) is 0.764.